The molecule has 0 saturated carbocycles. The van der Waals surface area contributed by atoms with Gasteiger partial charge in [0.1, 0.15) is 24.7 Å². The molecule has 4 heteroatoms. The van der Waals surface area contributed by atoms with Crippen molar-refractivity contribution in [3.63, 3.8) is 0 Å². The second-order valence-electron chi connectivity index (χ2n) is 5.27. The Morgan fingerprint density at radius 3 is 2.73 bits per heavy atom. The van der Waals surface area contributed by atoms with E-state index in [-0.39, 0.29) is 6.04 Å². The van der Waals surface area contributed by atoms with E-state index in [0.717, 1.165) is 18.0 Å². The number of ether oxygens (including phenoxy) is 3. The zero-order valence-corrected chi connectivity index (χ0v) is 12.7. The fourth-order valence-electron chi connectivity index (χ4n) is 2.52. The summed E-state index contributed by atoms with van der Waals surface area (Å²) in [7, 11) is 1.67. The highest BCUT2D eigenvalue weighted by Crippen LogP contribution is 2.31. The van der Waals surface area contributed by atoms with Crippen LogP contribution in [0, 0.1) is 0 Å². The topological polar surface area (TPSA) is 39.7 Å². The Balaban J connectivity index is 1.52. The molecule has 0 amide bonds. The van der Waals surface area contributed by atoms with Crippen molar-refractivity contribution in [3.8, 4) is 11.5 Å². The normalized spacial score (nSPS) is 16.1. The Labute approximate surface area is 131 Å². The Kier molecular flexibility index (Phi) is 4.93. The number of methoxy groups -OCH3 is 1. The molecular weight excluding hydrogens is 278 g/mol. The predicted molar refractivity (Wildman–Crippen MR) is 85.3 cm³/mol. The summed E-state index contributed by atoms with van der Waals surface area (Å²) in [5, 5.41) is 3.54. The molecule has 2 aromatic carbocycles. The van der Waals surface area contributed by atoms with Crippen molar-refractivity contribution in [2.45, 2.75) is 12.6 Å². The fraction of sp³-hybridized carbons (Fsp3) is 0.333. The standard InChI is InChI=1S/C18H21NO3/c1-20-10-11-21-15-8-6-14(7-9-15)12-19-17-13-22-18-5-3-2-4-16(17)18/h2-9,17,19H,10-13H2,1H3/t17-/m0/s1. The molecule has 0 bridgehead atoms. The summed E-state index contributed by atoms with van der Waals surface area (Å²) in [5.74, 6) is 1.86. The molecule has 0 aliphatic carbocycles. The van der Waals surface area contributed by atoms with Gasteiger partial charge in [-0.2, -0.15) is 0 Å². The first-order valence-electron chi connectivity index (χ1n) is 7.52. The third-order valence-corrected chi connectivity index (χ3v) is 3.73. The monoisotopic (exact) mass is 299 g/mol. The van der Waals surface area contributed by atoms with Crippen LogP contribution in [-0.2, 0) is 11.3 Å². The lowest BCUT2D eigenvalue weighted by atomic mass is 10.1. The van der Waals surface area contributed by atoms with Gasteiger partial charge in [-0.25, -0.2) is 0 Å². The Morgan fingerprint density at radius 1 is 1.09 bits per heavy atom. The molecule has 0 spiro atoms. The molecule has 0 unspecified atom stereocenters. The molecule has 0 fully saturated rings. The van der Waals surface area contributed by atoms with Crippen LogP contribution in [0.1, 0.15) is 17.2 Å². The van der Waals surface area contributed by atoms with Gasteiger partial charge in [0.15, 0.2) is 0 Å². The number of hydrogen-bond acceptors (Lipinski definition) is 4. The van der Waals surface area contributed by atoms with Crippen molar-refractivity contribution >= 4 is 0 Å². The largest absolute Gasteiger partial charge is 0.491 e. The predicted octanol–water partition coefficient (Wildman–Crippen LogP) is 2.94. The van der Waals surface area contributed by atoms with Gasteiger partial charge in [0.2, 0.25) is 0 Å². The first-order valence-corrected chi connectivity index (χ1v) is 7.52. The zero-order valence-electron chi connectivity index (χ0n) is 12.7. The van der Waals surface area contributed by atoms with E-state index in [9.17, 15) is 0 Å². The molecule has 1 aliphatic rings. The lowest BCUT2D eigenvalue weighted by Gasteiger charge is -2.12. The van der Waals surface area contributed by atoms with E-state index >= 15 is 0 Å². The van der Waals surface area contributed by atoms with E-state index in [1.54, 1.807) is 7.11 Å². The van der Waals surface area contributed by atoms with Crippen molar-refractivity contribution < 1.29 is 14.2 Å². The summed E-state index contributed by atoms with van der Waals surface area (Å²) < 4.78 is 16.2. The number of fused-ring (bicyclic) bond motifs is 1. The number of nitrogens with one attached hydrogen (secondary N) is 1. The zero-order chi connectivity index (χ0) is 15.2. The second kappa shape index (κ2) is 7.29. The summed E-state index contributed by atoms with van der Waals surface area (Å²) in [5.41, 5.74) is 2.46. The summed E-state index contributed by atoms with van der Waals surface area (Å²) in [6, 6.07) is 16.6. The minimum Gasteiger partial charge on any atom is -0.491 e. The van der Waals surface area contributed by atoms with Gasteiger partial charge in [0.25, 0.3) is 0 Å². The van der Waals surface area contributed by atoms with Crippen LogP contribution in [0.5, 0.6) is 11.5 Å². The highest BCUT2D eigenvalue weighted by molar-refractivity contribution is 5.39. The quantitative estimate of drug-likeness (QED) is 0.798. The number of benzene rings is 2. The maximum atomic E-state index is 5.68. The third kappa shape index (κ3) is 3.59. The molecule has 1 atom stereocenters. The van der Waals surface area contributed by atoms with E-state index < -0.39 is 0 Å². The van der Waals surface area contributed by atoms with Crippen molar-refractivity contribution in [3.05, 3.63) is 59.7 Å². The molecular formula is C18H21NO3. The molecule has 0 saturated heterocycles. The van der Waals surface area contributed by atoms with E-state index in [1.165, 1.54) is 11.1 Å². The van der Waals surface area contributed by atoms with E-state index in [1.807, 2.05) is 30.3 Å². The van der Waals surface area contributed by atoms with E-state index in [4.69, 9.17) is 14.2 Å². The molecule has 0 radical (unpaired) electrons. The minimum absolute atomic E-state index is 0.258. The highest BCUT2D eigenvalue weighted by atomic mass is 16.5. The second-order valence-corrected chi connectivity index (χ2v) is 5.27. The minimum atomic E-state index is 0.258. The Bertz CT molecular complexity index is 598. The molecule has 1 heterocycles. The molecule has 22 heavy (non-hydrogen) atoms. The third-order valence-electron chi connectivity index (χ3n) is 3.73. The van der Waals surface area contributed by atoms with Gasteiger partial charge in [-0.3, -0.25) is 0 Å². The van der Waals surface area contributed by atoms with Crippen LogP contribution in [0.15, 0.2) is 48.5 Å². The maximum absolute atomic E-state index is 5.68. The van der Waals surface area contributed by atoms with Gasteiger partial charge < -0.3 is 19.5 Å². The lowest BCUT2D eigenvalue weighted by Crippen LogP contribution is -2.21. The van der Waals surface area contributed by atoms with Crippen molar-refractivity contribution in [1.82, 2.24) is 5.32 Å². The van der Waals surface area contributed by atoms with Crippen LogP contribution in [0.2, 0.25) is 0 Å². The molecule has 4 nitrogen and oxygen atoms in total. The van der Waals surface area contributed by atoms with Gasteiger partial charge in [-0.05, 0) is 23.8 Å². The Hall–Kier alpha value is -2.04. The van der Waals surface area contributed by atoms with Crippen molar-refractivity contribution in [1.29, 1.82) is 0 Å². The van der Waals surface area contributed by atoms with Crippen LogP contribution in [0.25, 0.3) is 0 Å². The average molecular weight is 299 g/mol. The van der Waals surface area contributed by atoms with Crippen LogP contribution in [0.3, 0.4) is 0 Å². The fourth-order valence-corrected chi connectivity index (χ4v) is 2.52. The summed E-state index contributed by atoms with van der Waals surface area (Å²) >= 11 is 0. The smallest absolute Gasteiger partial charge is 0.124 e. The van der Waals surface area contributed by atoms with Crippen molar-refractivity contribution in [2.75, 3.05) is 26.9 Å². The number of rotatable bonds is 7. The van der Waals surface area contributed by atoms with Gasteiger partial charge in [-0.1, -0.05) is 30.3 Å². The van der Waals surface area contributed by atoms with Gasteiger partial charge in [0, 0.05) is 19.2 Å². The average Bonchev–Trinajstić information content (AvgIpc) is 2.98. The number of hydrogen-bond donors (Lipinski definition) is 1. The first kappa shape index (κ1) is 14.9. The molecule has 0 aromatic heterocycles. The molecule has 1 aliphatic heterocycles. The van der Waals surface area contributed by atoms with Crippen LogP contribution >= 0.6 is 0 Å². The molecule has 3 rings (SSSR count). The Morgan fingerprint density at radius 2 is 1.91 bits per heavy atom. The summed E-state index contributed by atoms with van der Waals surface area (Å²) in [6.07, 6.45) is 0. The van der Waals surface area contributed by atoms with E-state index in [2.05, 4.69) is 23.5 Å². The van der Waals surface area contributed by atoms with Crippen LogP contribution in [0.4, 0.5) is 0 Å². The molecule has 1 N–H and O–H groups in total. The SMILES string of the molecule is COCCOc1ccc(CN[C@H]2COc3ccccc32)cc1. The molecule has 116 valence electrons. The first-order chi connectivity index (χ1) is 10.9. The molecule has 2 aromatic rings. The summed E-state index contributed by atoms with van der Waals surface area (Å²) in [4.78, 5) is 0. The van der Waals surface area contributed by atoms with Crippen LogP contribution < -0.4 is 14.8 Å². The van der Waals surface area contributed by atoms with Gasteiger partial charge in [0.05, 0.1) is 12.6 Å². The highest BCUT2D eigenvalue weighted by Gasteiger charge is 2.22. The maximum Gasteiger partial charge on any atom is 0.124 e. The van der Waals surface area contributed by atoms with Crippen LogP contribution in [-0.4, -0.2) is 26.9 Å². The van der Waals surface area contributed by atoms with E-state index in [0.29, 0.717) is 19.8 Å². The van der Waals surface area contributed by atoms with Gasteiger partial charge in [-0.15, -0.1) is 0 Å². The lowest BCUT2D eigenvalue weighted by molar-refractivity contribution is 0.146. The number of para-hydroxylation sites is 1. The summed E-state index contributed by atoms with van der Waals surface area (Å²) in [6.45, 7) is 2.67. The van der Waals surface area contributed by atoms with Crippen molar-refractivity contribution in [2.24, 2.45) is 0 Å². The van der Waals surface area contributed by atoms with Gasteiger partial charge >= 0.3 is 0 Å².